The molecule has 0 aromatic heterocycles. The number of hydrogen-bond donors (Lipinski definition) is 1. The van der Waals surface area contributed by atoms with Crippen LogP contribution < -0.4 is 0 Å². The molecule has 0 saturated heterocycles. The van der Waals surface area contributed by atoms with Gasteiger partial charge in [-0.3, -0.25) is 13.5 Å². The molecule has 2 aromatic carbocycles. The van der Waals surface area contributed by atoms with E-state index >= 15 is 0 Å². The van der Waals surface area contributed by atoms with E-state index in [9.17, 15) is 22.9 Å². The van der Waals surface area contributed by atoms with Gasteiger partial charge in [-0.25, -0.2) is 0 Å². The average molecular weight is 469 g/mol. The highest BCUT2D eigenvalue weighted by molar-refractivity contribution is 7.87. The molecule has 0 fully saturated rings. The Kier molecular flexibility index (Phi) is 9.44. The van der Waals surface area contributed by atoms with E-state index in [-0.39, 0.29) is 17.7 Å². The Hall–Kier alpha value is -1.99. The number of hydrogen-bond acceptors (Lipinski definition) is 6. The normalized spacial score (nSPS) is 14.6. The first-order chi connectivity index (χ1) is 14.6. The van der Waals surface area contributed by atoms with Crippen LogP contribution in [0.2, 0.25) is 0 Å². The van der Waals surface area contributed by atoms with Gasteiger partial charge in [0.1, 0.15) is 6.35 Å². The number of carboxylic acid groups (broad SMARTS) is 1. The Labute approximate surface area is 184 Å². The predicted molar refractivity (Wildman–Crippen MR) is 119 cm³/mol. The van der Waals surface area contributed by atoms with Crippen LogP contribution in [-0.4, -0.2) is 38.6 Å². The van der Waals surface area contributed by atoms with Gasteiger partial charge in [-0.05, 0) is 50.8 Å². The van der Waals surface area contributed by atoms with Gasteiger partial charge in [0.25, 0.3) is 10.1 Å². The molecule has 0 radical (unpaired) electrons. The zero-order valence-corrected chi connectivity index (χ0v) is 19.5. The summed E-state index contributed by atoms with van der Waals surface area (Å²) >= 11 is 0. The third kappa shape index (κ3) is 8.22. The SMILES string of the molecule is CCOP(=O)(COS(=O)(=O)c1ccc(C)cc1)CC(CCCc1ccccc1)C(=O)O. The summed E-state index contributed by atoms with van der Waals surface area (Å²) in [6.07, 6.45) is 0.609. The van der Waals surface area contributed by atoms with E-state index in [0.29, 0.717) is 19.3 Å². The van der Waals surface area contributed by atoms with Crippen LogP contribution >= 0.6 is 7.37 Å². The van der Waals surface area contributed by atoms with Gasteiger partial charge < -0.3 is 9.63 Å². The molecule has 170 valence electrons. The van der Waals surface area contributed by atoms with Crippen molar-refractivity contribution in [2.75, 3.05) is 19.1 Å². The third-order valence-electron chi connectivity index (χ3n) is 4.79. The van der Waals surface area contributed by atoms with Crippen LogP contribution in [0.25, 0.3) is 0 Å². The fraction of sp³-hybridized carbons (Fsp3) is 0.409. The van der Waals surface area contributed by atoms with Crippen molar-refractivity contribution in [3.05, 3.63) is 65.7 Å². The monoisotopic (exact) mass is 468 g/mol. The fourth-order valence-corrected chi connectivity index (χ4v) is 6.70. The van der Waals surface area contributed by atoms with Gasteiger partial charge in [0.15, 0.2) is 0 Å². The number of benzene rings is 2. The van der Waals surface area contributed by atoms with E-state index in [0.717, 1.165) is 11.1 Å². The van der Waals surface area contributed by atoms with Gasteiger partial charge in [-0.15, -0.1) is 0 Å². The molecular formula is C22H29O7PS. The number of carbonyl (C=O) groups is 1. The van der Waals surface area contributed by atoms with Crippen molar-refractivity contribution >= 4 is 23.5 Å². The van der Waals surface area contributed by atoms with Crippen LogP contribution in [0.5, 0.6) is 0 Å². The predicted octanol–water partition coefficient (Wildman–Crippen LogP) is 4.70. The highest BCUT2D eigenvalue weighted by atomic mass is 32.2. The maximum absolute atomic E-state index is 13.2. The van der Waals surface area contributed by atoms with Crippen molar-refractivity contribution < 1.29 is 31.6 Å². The van der Waals surface area contributed by atoms with E-state index in [1.807, 2.05) is 37.3 Å². The minimum Gasteiger partial charge on any atom is -0.481 e. The van der Waals surface area contributed by atoms with Gasteiger partial charge >= 0.3 is 5.97 Å². The van der Waals surface area contributed by atoms with Gasteiger partial charge in [0.05, 0.1) is 17.4 Å². The smallest absolute Gasteiger partial charge is 0.307 e. The zero-order chi connectivity index (χ0) is 22.9. The summed E-state index contributed by atoms with van der Waals surface area (Å²) in [5.74, 6) is -2.01. The molecule has 31 heavy (non-hydrogen) atoms. The minimum atomic E-state index is -4.14. The number of carboxylic acids is 1. The van der Waals surface area contributed by atoms with E-state index < -0.39 is 35.7 Å². The summed E-state index contributed by atoms with van der Waals surface area (Å²) in [7, 11) is -7.79. The molecule has 0 aliphatic heterocycles. The van der Waals surface area contributed by atoms with E-state index in [4.69, 9.17) is 8.71 Å². The molecule has 0 saturated carbocycles. The standard InChI is InChI=1S/C22H29O7PS/c1-3-28-30(25,17-29-31(26,27)21-14-12-18(2)13-15-21)16-20(22(23)24)11-7-10-19-8-5-4-6-9-19/h4-6,8-9,12-15,20H,3,7,10-11,16-17H2,1-2H3,(H,23,24). The van der Waals surface area contributed by atoms with Gasteiger partial charge in [0.2, 0.25) is 7.37 Å². The topological polar surface area (TPSA) is 107 Å². The first-order valence-electron chi connectivity index (χ1n) is 10.1. The molecule has 0 heterocycles. The van der Waals surface area contributed by atoms with Crippen LogP contribution in [0.4, 0.5) is 0 Å². The highest BCUT2D eigenvalue weighted by Crippen LogP contribution is 2.49. The van der Waals surface area contributed by atoms with E-state index in [1.165, 1.54) is 12.1 Å². The first kappa shape index (κ1) is 25.3. The summed E-state index contributed by atoms with van der Waals surface area (Å²) in [4.78, 5) is 11.7. The maximum Gasteiger partial charge on any atom is 0.307 e. The summed E-state index contributed by atoms with van der Waals surface area (Å²) < 4.78 is 48.4. The van der Waals surface area contributed by atoms with Crippen molar-refractivity contribution in [3.63, 3.8) is 0 Å². The van der Waals surface area contributed by atoms with Crippen molar-refractivity contribution in [1.29, 1.82) is 0 Å². The Balaban J connectivity index is 2.03. The fourth-order valence-electron chi connectivity index (χ4n) is 3.13. The van der Waals surface area contributed by atoms with Crippen molar-refractivity contribution in [3.8, 4) is 0 Å². The van der Waals surface area contributed by atoms with Crippen LogP contribution in [-0.2, 0) is 34.6 Å². The largest absolute Gasteiger partial charge is 0.481 e. The third-order valence-corrected chi connectivity index (χ3v) is 8.49. The second-order valence-electron chi connectivity index (χ2n) is 7.34. The quantitative estimate of drug-likeness (QED) is 0.335. The Morgan fingerprint density at radius 3 is 2.32 bits per heavy atom. The Bertz CT molecular complexity index is 988. The molecular weight excluding hydrogens is 439 g/mol. The summed E-state index contributed by atoms with van der Waals surface area (Å²) in [5, 5.41) is 9.60. The molecule has 0 spiro atoms. The van der Waals surface area contributed by atoms with Crippen molar-refractivity contribution in [2.24, 2.45) is 5.92 Å². The van der Waals surface area contributed by atoms with Crippen LogP contribution in [0.3, 0.4) is 0 Å². The van der Waals surface area contributed by atoms with E-state index in [2.05, 4.69) is 0 Å². The molecule has 0 bridgehead atoms. The molecule has 2 aromatic rings. The molecule has 9 heteroatoms. The van der Waals surface area contributed by atoms with Crippen LogP contribution in [0.15, 0.2) is 59.5 Å². The minimum absolute atomic E-state index is 0.0567. The average Bonchev–Trinajstić information content (AvgIpc) is 2.73. The summed E-state index contributed by atoms with van der Waals surface area (Å²) in [6, 6.07) is 15.7. The second kappa shape index (κ2) is 11.6. The zero-order valence-electron chi connectivity index (χ0n) is 17.8. The molecule has 0 aliphatic rings. The molecule has 0 amide bonds. The number of aryl methyl sites for hydroxylation is 2. The molecule has 0 aliphatic carbocycles. The molecule has 2 rings (SSSR count). The van der Waals surface area contributed by atoms with Crippen molar-refractivity contribution in [1.82, 2.24) is 0 Å². The lowest BCUT2D eigenvalue weighted by Gasteiger charge is -2.21. The summed E-state index contributed by atoms with van der Waals surface area (Å²) in [5.41, 5.74) is 1.98. The summed E-state index contributed by atoms with van der Waals surface area (Å²) in [6.45, 7) is 3.50. The van der Waals surface area contributed by atoms with Crippen LogP contribution in [0, 0.1) is 12.8 Å². The molecule has 1 N–H and O–H groups in total. The van der Waals surface area contributed by atoms with E-state index in [1.54, 1.807) is 19.1 Å². The molecule has 2 atom stereocenters. The van der Waals surface area contributed by atoms with Crippen LogP contribution in [0.1, 0.15) is 30.9 Å². The lowest BCUT2D eigenvalue weighted by Crippen LogP contribution is -2.21. The van der Waals surface area contributed by atoms with Crippen molar-refractivity contribution in [2.45, 2.75) is 38.0 Å². The Morgan fingerprint density at radius 1 is 1.10 bits per heavy atom. The lowest BCUT2D eigenvalue weighted by atomic mass is 10.0. The van der Waals surface area contributed by atoms with Gasteiger partial charge in [-0.1, -0.05) is 48.0 Å². The lowest BCUT2D eigenvalue weighted by molar-refractivity contribution is -0.141. The number of aliphatic carboxylic acids is 1. The molecule has 2 unspecified atom stereocenters. The Morgan fingerprint density at radius 2 is 1.74 bits per heavy atom. The number of rotatable bonds is 13. The first-order valence-corrected chi connectivity index (χ1v) is 13.5. The highest BCUT2D eigenvalue weighted by Gasteiger charge is 2.33. The van der Waals surface area contributed by atoms with Gasteiger partial charge in [-0.2, -0.15) is 8.42 Å². The second-order valence-corrected chi connectivity index (χ2v) is 11.5. The molecule has 7 nitrogen and oxygen atoms in total. The van der Waals surface area contributed by atoms with Gasteiger partial charge in [0, 0.05) is 6.16 Å². The maximum atomic E-state index is 13.2.